The van der Waals surface area contributed by atoms with Crippen molar-refractivity contribution in [3.63, 3.8) is 0 Å². The lowest BCUT2D eigenvalue weighted by atomic mass is 10.1. The first-order valence-electron chi connectivity index (χ1n) is 6.86. The standard InChI is InChI=1S/C15H20ClNO2/c1-2-3-8-15(18)17-9-10-19-14(11-17)12-6-4-5-7-13(12)16/h4-7,14H,2-3,8-11H2,1H3. The Hall–Kier alpha value is -1.06. The normalized spacial score (nSPS) is 19.5. The zero-order chi connectivity index (χ0) is 13.7. The van der Waals surface area contributed by atoms with Gasteiger partial charge in [-0.15, -0.1) is 0 Å². The number of unbranched alkanes of at least 4 members (excludes halogenated alkanes) is 1. The van der Waals surface area contributed by atoms with Crippen LogP contribution in [0.5, 0.6) is 0 Å². The fourth-order valence-corrected chi connectivity index (χ4v) is 2.54. The summed E-state index contributed by atoms with van der Waals surface area (Å²) in [5.74, 6) is 0.224. The Morgan fingerprint density at radius 3 is 3.00 bits per heavy atom. The van der Waals surface area contributed by atoms with E-state index in [0.717, 1.165) is 18.4 Å². The third kappa shape index (κ3) is 3.71. The molecule has 0 bridgehead atoms. The van der Waals surface area contributed by atoms with E-state index in [1.165, 1.54) is 0 Å². The van der Waals surface area contributed by atoms with E-state index >= 15 is 0 Å². The maximum Gasteiger partial charge on any atom is 0.222 e. The van der Waals surface area contributed by atoms with Crippen molar-refractivity contribution < 1.29 is 9.53 Å². The van der Waals surface area contributed by atoms with Crippen LogP contribution in [-0.2, 0) is 9.53 Å². The second kappa shape index (κ2) is 6.92. The average molecular weight is 282 g/mol. The van der Waals surface area contributed by atoms with Crippen LogP contribution in [0, 0.1) is 0 Å². The predicted molar refractivity (Wildman–Crippen MR) is 76.3 cm³/mol. The summed E-state index contributed by atoms with van der Waals surface area (Å²) in [7, 11) is 0. The molecular weight excluding hydrogens is 262 g/mol. The molecule has 4 heteroatoms. The quantitative estimate of drug-likeness (QED) is 0.846. The van der Waals surface area contributed by atoms with Gasteiger partial charge >= 0.3 is 0 Å². The fraction of sp³-hybridized carbons (Fsp3) is 0.533. The minimum Gasteiger partial charge on any atom is -0.370 e. The molecule has 0 radical (unpaired) electrons. The molecule has 1 fully saturated rings. The minimum atomic E-state index is -0.104. The molecule has 19 heavy (non-hydrogen) atoms. The van der Waals surface area contributed by atoms with Gasteiger partial charge in [-0.3, -0.25) is 4.79 Å². The van der Waals surface area contributed by atoms with Gasteiger partial charge < -0.3 is 9.64 Å². The molecule has 1 atom stereocenters. The molecule has 0 aromatic heterocycles. The minimum absolute atomic E-state index is 0.104. The molecule has 1 aromatic carbocycles. The van der Waals surface area contributed by atoms with Crippen LogP contribution in [0.4, 0.5) is 0 Å². The number of carbonyl (C=O) groups excluding carboxylic acids is 1. The molecule has 0 N–H and O–H groups in total. The van der Waals surface area contributed by atoms with Crippen molar-refractivity contribution in [1.29, 1.82) is 0 Å². The van der Waals surface area contributed by atoms with Crippen molar-refractivity contribution in [3.8, 4) is 0 Å². The number of halogens is 1. The van der Waals surface area contributed by atoms with E-state index in [9.17, 15) is 4.79 Å². The Morgan fingerprint density at radius 2 is 2.26 bits per heavy atom. The summed E-state index contributed by atoms with van der Waals surface area (Å²) in [5.41, 5.74) is 0.970. The van der Waals surface area contributed by atoms with Crippen LogP contribution in [0.1, 0.15) is 37.9 Å². The highest BCUT2D eigenvalue weighted by Gasteiger charge is 2.26. The molecule has 104 valence electrons. The lowest BCUT2D eigenvalue weighted by molar-refractivity contribution is -0.139. The van der Waals surface area contributed by atoms with Crippen LogP contribution in [0.2, 0.25) is 5.02 Å². The van der Waals surface area contributed by atoms with E-state index in [1.54, 1.807) is 0 Å². The highest BCUT2D eigenvalue weighted by Crippen LogP contribution is 2.28. The number of carbonyl (C=O) groups is 1. The lowest BCUT2D eigenvalue weighted by Gasteiger charge is -2.33. The van der Waals surface area contributed by atoms with Gasteiger partial charge in [0.15, 0.2) is 0 Å². The number of amides is 1. The topological polar surface area (TPSA) is 29.5 Å². The summed E-state index contributed by atoms with van der Waals surface area (Å²) in [4.78, 5) is 14.0. The van der Waals surface area contributed by atoms with Gasteiger partial charge in [-0.05, 0) is 12.5 Å². The van der Waals surface area contributed by atoms with Crippen molar-refractivity contribution in [2.24, 2.45) is 0 Å². The first-order valence-corrected chi connectivity index (χ1v) is 7.24. The van der Waals surface area contributed by atoms with Crippen LogP contribution < -0.4 is 0 Å². The molecule has 1 heterocycles. The predicted octanol–water partition coefficient (Wildman–Crippen LogP) is 3.43. The van der Waals surface area contributed by atoms with E-state index in [0.29, 0.717) is 31.1 Å². The maximum atomic E-state index is 12.1. The number of ether oxygens (including phenoxy) is 1. The molecule has 2 rings (SSSR count). The molecule has 1 saturated heterocycles. The molecule has 1 aliphatic heterocycles. The number of hydrogen-bond acceptors (Lipinski definition) is 2. The summed E-state index contributed by atoms with van der Waals surface area (Å²) in [5, 5.41) is 0.704. The largest absolute Gasteiger partial charge is 0.370 e. The van der Waals surface area contributed by atoms with Gasteiger partial charge in [0.2, 0.25) is 5.91 Å². The lowest BCUT2D eigenvalue weighted by Crippen LogP contribution is -2.42. The number of rotatable bonds is 4. The summed E-state index contributed by atoms with van der Waals surface area (Å²) in [6, 6.07) is 7.67. The Morgan fingerprint density at radius 1 is 1.47 bits per heavy atom. The Labute approximate surface area is 119 Å². The van der Waals surface area contributed by atoms with E-state index in [2.05, 4.69) is 6.92 Å². The first kappa shape index (κ1) is 14.4. The molecule has 1 amide bonds. The molecule has 3 nitrogen and oxygen atoms in total. The van der Waals surface area contributed by atoms with E-state index < -0.39 is 0 Å². The van der Waals surface area contributed by atoms with Gasteiger partial charge in [0.1, 0.15) is 6.10 Å². The number of hydrogen-bond donors (Lipinski definition) is 0. The average Bonchev–Trinajstić information content (AvgIpc) is 2.45. The van der Waals surface area contributed by atoms with E-state index in [-0.39, 0.29) is 12.0 Å². The van der Waals surface area contributed by atoms with Crippen molar-refractivity contribution in [3.05, 3.63) is 34.9 Å². The third-order valence-electron chi connectivity index (χ3n) is 3.42. The summed E-state index contributed by atoms with van der Waals surface area (Å²) < 4.78 is 5.75. The van der Waals surface area contributed by atoms with Crippen molar-refractivity contribution in [1.82, 2.24) is 4.90 Å². The van der Waals surface area contributed by atoms with Gasteiger partial charge in [-0.25, -0.2) is 0 Å². The smallest absolute Gasteiger partial charge is 0.222 e. The Bertz CT molecular complexity index is 436. The Balaban J connectivity index is 2.01. The third-order valence-corrected chi connectivity index (χ3v) is 3.76. The van der Waals surface area contributed by atoms with Crippen LogP contribution in [0.15, 0.2) is 24.3 Å². The SMILES string of the molecule is CCCCC(=O)N1CCOC(c2ccccc2Cl)C1. The van der Waals surface area contributed by atoms with Crippen molar-refractivity contribution in [2.75, 3.05) is 19.7 Å². The van der Waals surface area contributed by atoms with Crippen LogP contribution >= 0.6 is 11.6 Å². The van der Waals surface area contributed by atoms with Gasteiger partial charge in [0.05, 0.1) is 13.2 Å². The van der Waals surface area contributed by atoms with Crippen molar-refractivity contribution in [2.45, 2.75) is 32.3 Å². The van der Waals surface area contributed by atoms with E-state index in [1.807, 2.05) is 29.2 Å². The van der Waals surface area contributed by atoms with Gasteiger partial charge in [0.25, 0.3) is 0 Å². The number of morpholine rings is 1. The number of nitrogens with zero attached hydrogens (tertiary/aromatic N) is 1. The summed E-state index contributed by atoms with van der Waals surface area (Å²) >= 11 is 6.19. The van der Waals surface area contributed by atoms with E-state index in [4.69, 9.17) is 16.3 Å². The van der Waals surface area contributed by atoms with Crippen LogP contribution in [-0.4, -0.2) is 30.5 Å². The molecule has 0 saturated carbocycles. The van der Waals surface area contributed by atoms with Gasteiger partial charge in [-0.2, -0.15) is 0 Å². The summed E-state index contributed by atoms with van der Waals surface area (Å²) in [6.07, 6.45) is 2.52. The monoisotopic (exact) mass is 281 g/mol. The first-order chi connectivity index (χ1) is 9.22. The molecule has 0 aliphatic carbocycles. The van der Waals surface area contributed by atoms with Crippen molar-refractivity contribution >= 4 is 17.5 Å². The molecule has 1 aliphatic rings. The fourth-order valence-electron chi connectivity index (χ4n) is 2.29. The van der Waals surface area contributed by atoms with Gasteiger partial charge in [-0.1, -0.05) is 43.1 Å². The number of benzene rings is 1. The van der Waals surface area contributed by atoms with Crippen LogP contribution in [0.25, 0.3) is 0 Å². The molecular formula is C15H20ClNO2. The van der Waals surface area contributed by atoms with Crippen LogP contribution in [0.3, 0.4) is 0 Å². The Kier molecular flexibility index (Phi) is 5.23. The maximum absolute atomic E-state index is 12.1. The summed E-state index contributed by atoms with van der Waals surface area (Å²) in [6.45, 7) is 3.96. The second-order valence-electron chi connectivity index (χ2n) is 4.82. The highest BCUT2D eigenvalue weighted by atomic mass is 35.5. The zero-order valence-corrected chi connectivity index (χ0v) is 12.0. The molecule has 0 spiro atoms. The van der Waals surface area contributed by atoms with Gasteiger partial charge in [0, 0.05) is 23.6 Å². The highest BCUT2D eigenvalue weighted by molar-refractivity contribution is 6.31. The molecule has 1 aromatic rings. The second-order valence-corrected chi connectivity index (χ2v) is 5.23. The molecule has 1 unspecified atom stereocenters. The zero-order valence-electron chi connectivity index (χ0n) is 11.3.